The lowest BCUT2D eigenvalue weighted by molar-refractivity contribution is -0.123. The Balaban J connectivity index is 2.23. The minimum absolute atomic E-state index is 0.0589. The average molecular weight is 228 g/mol. The Morgan fingerprint density at radius 3 is 2.69 bits per heavy atom. The average Bonchev–Trinajstić information content (AvgIpc) is 2.79. The Kier molecular flexibility index (Phi) is 5.22. The highest BCUT2D eigenvalue weighted by Crippen LogP contribution is 2.15. The normalized spacial score (nSPS) is 21.1. The minimum Gasteiger partial charge on any atom is -0.378 e. The molecule has 16 heavy (non-hydrogen) atoms. The van der Waals surface area contributed by atoms with Crippen molar-refractivity contribution in [1.29, 1.82) is 0 Å². The number of rotatable bonds is 6. The summed E-state index contributed by atoms with van der Waals surface area (Å²) in [6.45, 7) is 5.46. The maximum absolute atomic E-state index is 11.6. The van der Waals surface area contributed by atoms with Gasteiger partial charge in [-0.2, -0.15) is 0 Å². The molecule has 0 radical (unpaired) electrons. The van der Waals surface area contributed by atoms with E-state index in [1.165, 1.54) is 0 Å². The van der Waals surface area contributed by atoms with Gasteiger partial charge in [0, 0.05) is 18.7 Å². The van der Waals surface area contributed by atoms with Gasteiger partial charge in [0.05, 0.1) is 12.5 Å². The summed E-state index contributed by atoms with van der Waals surface area (Å²) < 4.78 is 5.42. The van der Waals surface area contributed by atoms with Crippen LogP contribution in [-0.2, 0) is 9.53 Å². The predicted molar refractivity (Wildman–Crippen MR) is 64.1 cm³/mol. The van der Waals surface area contributed by atoms with Crippen LogP contribution in [0.1, 0.15) is 46.0 Å². The number of hydrogen-bond donors (Lipinski definition) is 2. The number of hydrogen-bond acceptors (Lipinski definition) is 3. The van der Waals surface area contributed by atoms with Crippen LogP contribution in [0, 0.1) is 0 Å². The van der Waals surface area contributed by atoms with Gasteiger partial charge in [0.15, 0.2) is 0 Å². The van der Waals surface area contributed by atoms with Crippen molar-refractivity contribution in [3.05, 3.63) is 0 Å². The molecule has 3 N–H and O–H groups in total. The summed E-state index contributed by atoms with van der Waals surface area (Å²) in [5.41, 5.74) is 5.85. The molecule has 1 rings (SSSR count). The van der Waals surface area contributed by atoms with Crippen molar-refractivity contribution in [2.45, 2.75) is 57.6 Å². The molecule has 0 saturated carbocycles. The summed E-state index contributed by atoms with van der Waals surface area (Å²) in [6, 6.07) is 0. The van der Waals surface area contributed by atoms with Gasteiger partial charge in [-0.3, -0.25) is 4.79 Å². The lowest BCUT2D eigenvalue weighted by Crippen LogP contribution is -2.49. The van der Waals surface area contributed by atoms with E-state index in [-0.39, 0.29) is 17.6 Å². The fourth-order valence-corrected chi connectivity index (χ4v) is 1.86. The molecule has 1 fully saturated rings. The molecule has 4 nitrogen and oxygen atoms in total. The number of carbonyl (C=O) groups is 1. The molecule has 0 spiro atoms. The summed E-state index contributed by atoms with van der Waals surface area (Å²) in [4.78, 5) is 11.6. The molecule has 1 aliphatic rings. The molecule has 1 atom stereocenters. The smallest absolute Gasteiger partial charge is 0.222 e. The first-order valence-electron chi connectivity index (χ1n) is 6.27. The Morgan fingerprint density at radius 1 is 1.50 bits per heavy atom. The van der Waals surface area contributed by atoms with E-state index in [1.54, 1.807) is 0 Å². The second-order valence-corrected chi connectivity index (χ2v) is 4.69. The molecule has 94 valence electrons. The molecule has 0 bridgehead atoms. The van der Waals surface area contributed by atoms with Gasteiger partial charge in [-0.1, -0.05) is 13.8 Å². The summed E-state index contributed by atoms with van der Waals surface area (Å²) in [7, 11) is 0. The van der Waals surface area contributed by atoms with Crippen LogP contribution in [0.3, 0.4) is 0 Å². The molecule has 0 aliphatic carbocycles. The van der Waals surface area contributed by atoms with E-state index in [2.05, 4.69) is 19.2 Å². The molecular formula is C12H24N2O2. The Hall–Kier alpha value is -0.610. The largest absolute Gasteiger partial charge is 0.378 e. The van der Waals surface area contributed by atoms with E-state index in [4.69, 9.17) is 10.5 Å². The first kappa shape index (κ1) is 13.5. The van der Waals surface area contributed by atoms with Crippen molar-refractivity contribution in [2.24, 2.45) is 5.73 Å². The van der Waals surface area contributed by atoms with Crippen molar-refractivity contribution >= 4 is 5.91 Å². The van der Waals surface area contributed by atoms with Gasteiger partial charge in [-0.05, 0) is 25.7 Å². The van der Waals surface area contributed by atoms with Gasteiger partial charge in [-0.15, -0.1) is 0 Å². The van der Waals surface area contributed by atoms with Crippen molar-refractivity contribution < 1.29 is 9.53 Å². The zero-order valence-electron chi connectivity index (χ0n) is 10.4. The van der Waals surface area contributed by atoms with Crippen LogP contribution >= 0.6 is 0 Å². The van der Waals surface area contributed by atoms with Gasteiger partial charge in [0.25, 0.3) is 0 Å². The Bertz CT molecular complexity index is 221. The predicted octanol–water partition coefficient (Wildman–Crippen LogP) is 1.19. The number of carbonyl (C=O) groups excluding carboxylic acids is 1. The molecule has 4 heteroatoms. The van der Waals surface area contributed by atoms with E-state index in [0.29, 0.717) is 13.0 Å². The van der Waals surface area contributed by atoms with E-state index in [1.807, 2.05) is 0 Å². The highest BCUT2D eigenvalue weighted by atomic mass is 16.5. The Labute approximate surface area is 97.9 Å². The Morgan fingerprint density at radius 2 is 2.19 bits per heavy atom. The number of amides is 1. The van der Waals surface area contributed by atoms with Crippen LogP contribution in [0.2, 0.25) is 0 Å². The third-order valence-corrected chi connectivity index (χ3v) is 3.48. The van der Waals surface area contributed by atoms with Gasteiger partial charge in [-0.25, -0.2) is 0 Å². The summed E-state index contributed by atoms with van der Waals surface area (Å²) >= 11 is 0. The number of nitrogens with two attached hydrogens (primary N) is 1. The van der Waals surface area contributed by atoms with Gasteiger partial charge in [0.1, 0.15) is 0 Å². The molecule has 1 aliphatic heterocycles. The van der Waals surface area contributed by atoms with Crippen LogP contribution in [0.25, 0.3) is 0 Å². The maximum Gasteiger partial charge on any atom is 0.222 e. The molecule has 1 saturated heterocycles. The van der Waals surface area contributed by atoms with E-state index < -0.39 is 0 Å². The zero-order chi connectivity index (χ0) is 12.0. The second-order valence-electron chi connectivity index (χ2n) is 4.69. The molecule has 0 aromatic carbocycles. The van der Waals surface area contributed by atoms with Crippen LogP contribution < -0.4 is 11.1 Å². The highest BCUT2D eigenvalue weighted by molar-refractivity contribution is 5.76. The monoisotopic (exact) mass is 228 g/mol. The lowest BCUT2D eigenvalue weighted by atomic mass is 9.94. The van der Waals surface area contributed by atoms with E-state index in [9.17, 15) is 4.79 Å². The third-order valence-electron chi connectivity index (χ3n) is 3.48. The standard InChI is InChI=1S/C12H24N2O2/c1-3-12(13,4-2)9-14-11(15)8-10-6-5-7-16-10/h10H,3-9,13H2,1-2H3,(H,14,15). The molecule has 1 heterocycles. The van der Waals surface area contributed by atoms with E-state index >= 15 is 0 Å². The van der Waals surface area contributed by atoms with Crippen LogP contribution in [0.5, 0.6) is 0 Å². The van der Waals surface area contributed by atoms with Crippen LogP contribution in [0.4, 0.5) is 0 Å². The van der Waals surface area contributed by atoms with Crippen molar-refractivity contribution in [3.8, 4) is 0 Å². The molecule has 0 aromatic heterocycles. The SMILES string of the molecule is CCC(N)(CC)CNC(=O)CC1CCCO1. The first-order valence-corrected chi connectivity index (χ1v) is 6.27. The molecular weight excluding hydrogens is 204 g/mol. The number of ether oxygens (including phenoxy) is 1. The first-order chi connectivity index (χ1) is 7.59. The highest BCUT2D eigenvalue weighted by Gasteiger charge is 2.23. The fourth-order valence-electron chi connectivity index (χ4n) is 1.86. The van der Waals surface area contributed by atoms with Crippen molar-refractivity contribution in [1.82, 2.24) is 5.32 Å². The van der Waals surface area contributed by atoms with Crippen molar-refractivity contribution in [2.75, 3.05) is 13.2 Å². The van der Waals surface area contributed by atoms with Gasteiger partial charge < -0.3 is 15.8 Å². The summed E-state index contributed by atoms with van der Waals surface area (Å²) in [6.07, 6.45) is 4.43. The lowest BCUT2D eigenvalue weighted by Gasteiger charge is -2.27. The second kappa shape index (κ2) is 6.21. The van der Waals surface area contributed by atoms with Gasteiger partial charge >= 0.3 is 0 Å². The molecule has 1 amide bonds. The topological polar surface area (TPSA) is 64.3 Å². The molecule has 0 aromatic rings. The third kappa shape index (κ3) is 4.10. The van der Waals surface area contributed by atoms with Gasteiger partial charge in [0.2, 0.25) is 5.91 Å². The van der Waals surface area contributed by atoms with E-state index in [0.717, 1.165) is 32.3 Å². The van der Waals surface area contributed by atoms with Crippen LogP contribution in [0.15, 0.2) is 0 Å². The fraction of sp³-hybridized carbons (Fsp3) is 0.917. The zero-order valence-corrected chi connectivity index (χ0v) is 10.4. The maximum atomic E-state index is 11.6. The summed E-state index contributed by atoms with van der Waals surface area (Å²) in [5, 5.41) is 2.91. The number of nitrogens with one attached hydrogen (secondary N) is 1. The minimum atomic E-state index is -0.258. The van der Waals surface area contributed by atoms with Crippen LogP contribution in [-0.4, -0.2) is 30.7 Å². The molecule has 1 unspecified atom stereocenters. The summed E-state index contributed by atoms with van der Waals surface area (Å²) in [5.74, 6) is 0.0589. The quantitative estimate of drug-likeness (QED) is 0.717. The van der Waals surface area contributed by atoms with Crippen molar-refractivity contribution in [3.63, 3.8) is 0 Å².